The molecule has 1 aliphatic rings. The van der Waals surface area contributed by atoms with Crippen LogP contribution >= 0.6 is 11.8 Å². The van der Waals surface area contributed by atoms with Gasteiger partial charge in [-0.25, -0.2) is 0 Å². The van der Waals surface area contributed by atoms with Crippen LogP contribution in [0.25, 0.3) is 0 Å². The molecule has 3 rings (SSSR count). The Morgan fingerprint density at radius 3 is 2.48 bits per heavy atom. The van der Waals surface area contributed by atoms with Crippen LogP contribution in [0.5, 0.6) is 0 Å². The molecule has 0 saturated carbocycles. The molecule has 1 heterocycles. The van der Waals surface area contributed by atoms with E-state index < -0.39 is 23.2 Å². The second-order valence-corrected chi connectivity index (χ2v) is 8.44. The van der Waals surface area contributed by atoms with E-state index in [1.54, 1.807) is 0 Å². The van der Waals surface area contributed by atoms with Crippen molar-refractivity contribution >= 4 is 40.9 Å². The maximum atomic E-state index is 12.3. The Morgan fingerprint density at radius 2 is 1.79 bits per heavy atom. The number of hydrogen-bond donors (Lipinski definition) is 2. The first-order valence-electron chi connectivity index (χ1n) is 9.50. The number of carbonyl (C=O) groups excluding carboxylic acids is 3. The summed E-state index contributed by atoms with van der Waals surface area (Å²) < 4.78 is 5.24. The zero-order valence-corrected chi connectivity index (χ0v) is 17.4. The van der Waals surface area contributed by atoms with Gasteiger partial charge in [0.15, 0.2) is 6.10 Å². The standard InChI is InChI=1S/C22H24N2O4S/c1-13(2)15-8-10-16(11-9-15)23-21(26)14(3)28-20(25)12-19-22(27)24-17-6-4-5-7-18(17)29-19/h4-11,13-14,19H,12H2,1-3H3,(H,23,26)(H,24,27)/t14-,19-/m0/s1. The molecular weight excluding hydrogens is 388 g/mol. The highest BCUT2D eigenvalue weighted by Crippen LogP contribution is 2.36. The predicted octanol–water partition coefficient (Wildman–Crippen LogP) is 4.18. The van der Waals surface area contributed by atoms with Gasteiger partial charge in [-0.3, -0.25) is 14.4 Å². The van der Waals surface area contributed by atoms with Gasteiger partial charge >= 0.3 is 5.97 Å². The number of thioether (sulfide) groups is 1. The van der Waals surface area contributed by atoms with E-state index in [0.717, 1.165) is 10.6 Å². The number of benzene rings is 2. The van der Waals surface area contributed by atoms with E-state index in [-0.39, 0.29) is 12.3 Å². The highest BCUT2D eigenvalue weighted by molar-refractivity contribution is 8.01. The Balaban J connectivity index is 1.52. The van der Waals surface area contributed by atoms with E-state index in [1.165, 1.54) is 24.2 Å². The van der Waals surface area contributed by atoms with E-state index in [9.17, 15) is 14.4 Å². The fourth-order valence-corrected chi connectivity index (χ4v) is 3.97. The minimum atomic E-state index is -0.962. The van der Waals surface area contributed by atoms with Crippen molar-refractivity contribution in [1.82, 2.24) is 0 Å². The van der Waals surface area contributed by atoms with Gasteiger partial charge in [0.25, 0.3) is 5.91 Å². The summed E-state index contributed by atoms with van der Waals surface area (Å²) in [4.78, 5) is 37.7. The first kappa shape index (κ1) is 20.9. The molecule has 0 radical (unpaired) electrons. The number of ether oxygens (including phenoxy) is 1. The van der Waals surface area contributed by atoms with Crippen molar-refractivity contribution in [3.8, 4) is 0 Å². The lowest BCUT2D eigenvalue weighted by molar-refractivity contribution is -0.153. The number of amides is 2. The van der Waals surface area contributed by atoms with E-state index in [4.69, 9.17) is 4.74 Å². The van der Waals surface area contributed by atoms with Crippen LogP contribution in [0.3, 0.4) is 0 Å². The van der Waals surface area contributed by atoms with Gasteiger partial charge in [-0.05, 0) is 42.7 Å². The largest absolute Gasteiger partial charge is 0.452 e. The van der Waals surface area contributed by atoms with Crippen molar-refractivity contribution in [3.05, 3.63) is 54.1 Å². The van der Waals surface area contributed by atoms with E-state index >= 15 is 0 Å². The van der Waals surface area contributed by atoms with Gasteiger partial charge in [0.1, 0.15) is 0 Å². The first-order chi connectivity index (χ1) is 13.8. The Hall–Kier alpha value is -2.80. The number of para-hydroxylation sites is 1. The third-order valence-corrected chi connectivity index (χ3v) is 5.86. The summed E-state index contributed by atoms with van der Waals surface area (Å²) in [5.41, 5.74) is 2.55. The average molecular weight is 413 g/mol. The van der Waals surface area contributed by atoms with Crippen LogP contribution in [0.1, 0.15) is 38.7 Å². The van der Waals surface area contributed by atoms with Gasteiger partial charge < -0.3 is 15.4 Å². The smallest absolute Gasteiger partial charge is 0.308 e. The van der Waals surface area contributed by atoms with E-state index in [1.807, 2.05) is 48.5 Å². The zero-order valence-electron chi connectivity index (χ0n) is 16.6. The number of anilines is 2. The molecule has 2 aromatic rings. The molecule has 6 nitrogen and oxygen atoms in total. The van der Waals surface area contributed by atoms with E-state index in [0.29, 0.717) is 11.6 Å². The van der Waals surface area contributed by atoms with Gasteiger partial charge in [0, 0.05) is 10.6 Å². The number of carbonyl (C=O) groups is 3. The van der Waals surface area contributed by atoms with Gasteiger partial charge in [0.05, 0.1) is 17.4 Å². The van der Waals surface area contributed by atoms with Gasteiger partial charge in [-0.1, -0.05) is 38.1 Å². The van der Waals surface area contributed by atoms with Crippen molar-refractivity contribution < 1.29 is 19.1 Å². The second kappa shape index (κ2) is 9.13. The SMILES string of the molecule is CC(C)c1ccc(NC(=O)[C@H](C)OC(=O)C[C@@H]2Sc3ccccc3NC2=O)cc1. The summed E-state index contributed by atoms with van der Waals surface area (Å²) in [6, 6.07) is 15.0. The van der Waals surface area contributed by atoms with Crippen molar-refractivity contribution in [2.24, 2.45) is 0 Å². The second-order valence-electron chi connectivity index (χ2n) is 7.19. The van der Waals surface area contributed by atoms with Crippen LogP contribution in [0.4, 0.5) is 11.4 Å². The maximum Gasteiger partial charge on any atom is 0.308 e. The van der Waals surface area contributed by atoms with Crippen LogP contribution < -0.4 is 10.6 Å². The van der Waals surface area contributed by atoms with Crippen molar-refractivity contribution in [2.45, 2.75) is 49.4 Å². The lowest BCUT2D eigenvalue weighted by Crippen LogP contribution is -2.34. The molecule has 2 N–H and O–H groups in total. The third kappa shape index (κ3) is 5.38. The Bertz CT molecular complexity index is 911. The minimum Gasteiger partial charge on any atom is -0.452 e. The first-order valence-corrected chi connectivity index (χ1v) is 10.4. The molecule has 0 bridgehead atoms. The number of fused-ring (bicyclic) bond motifs is 1. The van der Waals surface area contributed by atoms with Crippen molar-refractivity contribution in [2.75, 3.05) is 10.6 Å². The number of esters is 1. The summed E-state index contributed by atoms with van der Waals surface area (Å²) in [5, 5.41) is 4.94. The van der Waals surface area contributed by atoms with Gasteiger partial charge in [-0.2, -0.15) is 0 Å². The maximum absolute atomic E-state index is 12.3. The fraction of sp³-hybridized carbons (Fsp3) is 0.318. The van der Waals surface area contributed by atoms with Crippen LogP contribution in [-0.2, 0) is 19.1 Å². The molecule has 0 aliphatic carbocycles. The topological polar surface area (TPSA) is 84.5 Å². The van der Waals surface area contributed by atoms with Crippen LogP contribution in [0, 0.1) is 0 Å². The minimum absolute atomic E-state index is 0.106. The molecule has 0 aromatic heterocycles. The van der Waals surface area contributed by atoms with Crippen LogP contribution in [0.15, 0.2) is 53.4 Å². The monoisotopic (exact) mass is 412 g/mol. The third-order valence-electron chi connectivity index (χ3n) is 4.58. The molecule has 2 atom stereocenters. The Morgan fingerprint density at radius 1 is 1.10 bits per heavy atom. The van der Waals surface area contributed by atoms with Crippen LogP contribution in [-0.4, -0.2) is 29.1 Å². The van der Waals surface area contributed by atoms with Crippen LogP contribution in [0.2, 0.25) is 0 Å². The number of nitrogens with one attached hydrogen (secondary N) is 2. The summed E-state index contributed by atoms with van der Waals surface area (Å²) in [7, 11) is 0. The molecule has 152 valence electrons. The van der Waals surface area contributed by atoms with Crippen molar-refractivity contribution in [1.29, 1.82) is 0 Å². The molecule has 0 saturated heterocycles. The Labute approximate surface area is 174 Å². The molecule has 0 fully saturated rings. The number of hydrogen-bond acceptors (Lipinski definition) is 5. The highest BCUT2D eigenvalue weighted by atomic mass is 32.2. The summed E-state index contributed by atoms with van der Waals surface area (Å²) in [5.74, 6) is -0.842. The fourth-order valence-electron chi connectivity index (χ4n) is 2.87. The molecule has 2 aromatic carbocycles. The number of rotatable bonds is 6. The summed E-state index contributed by atoms with van der Waals surface area (Å²) >= 11 is 1.32. The quantitative estimate of drug-likeness (QED) is 0.695. The molecule has 0 spiro atoms. The molecule has 2 amide bonds. The molecule has 29 heavy (non-hydrogen) atoms. The summed E-state index contributed by atoms with van der Waals surface area (Å²) in [6.45, 7) is 5.70. The zero-order chi connectivity index (χ0) is 21.0. The molecular formula is C22H24N2O4S. The summed E-state index contributed by atoms with van der Waals surface area (Å²) in [6.07, 6.45) is -1.07. The average Bonchev–Trinajstić information content (AvgIpc) is 2.68. The molecule has 7 heteroatoms. The molecule has 0 unspecified atom stereocenters. The lowest BCUT2D eigenvalue weighted by Gasteiger charge is -2.23. The van der Waals surface area contributed by atoms with Gasteiger partial charge in [-0.15, -0.1) is 11.8 Å². The highest BCUT2D eigenvalue weighted by Gasteiger charge is 2.30. The normalized spacial score (nSPS) is 16.6. The lowest BCUT2D eigenvalue weighted by atomic mass is 10.0. The van der Waals surface area contributed by atoms with E-state index in [2.05, 4.69) is 24.5 Å². The van der Waals surface area contributed by atoms with Gasteiger partial charge in [0.2, 0.25) is 5.91 Å². The molecule has 1 aliphatic heterocycles. The van der Waals surface area contributed by atoms with Crippen molar-refractivity contribution in [3.63, 3.8) is 0 Å². The predicted molar refractivity (Wildman–Crippen MR) is 114 cm³/mol. The Kier molecular flexibility index (Phi) is 6.59.